The van der Waals surface area contributed by atoms with Gasteiger partial charge in [0, 0.05) is 24.2 Å². The number of carbonyl (C=O) groups excluding carboxylic acids is 2. The molecule has 12 heteroatoms. The highest BCUT2D eigenvalue weighted by Crippen LogP contribution is 2.33. The Morgan fingerprint density at radius 3 is 2.18 bits per heavy atom. The van der Waals surface area contributed by atoms with Gasteiger partial charge in [-0.3, -0.25) is 13.9 Å². The molecule has 0 bridgehead atoms. The number of ether oxygens (including phenoxy) is 3. The Morgan fingerprint density at radius 1 is 0.909 bits per heavy atom. The Balaban J connectivity index is 2.09. The maximum Gasteiger partial charge on any atom is 0.264 e. The summed E-state index contributed by atoms with van der Waals surface area (Å²) >= 11 is 6.11. The summed E-state index contributed by atoms with van der Waals surface area (Å²) in [5.41, 5.74) is 0.935. The van der Waals surface area contributed by atoms with Crippen LogP contribution in [0.1, 0.15) is 32.8 Å². The fraction of sp³-hybridized carbons (Fsp3) is 0.375. The van der Waals surface area contributed by atoms with Crippen LogP contribution >= 0.6 is 11.6 Å². The molecule has 2 amide bonds. The standard InChI is InChI=1S/C32H40ClN3O7S/c1-7-28(32(38)34-19-22(2)3)35(20-23-9-8-10-26(17-23)41-4)31(37)21-36(25-13-11-24(33)12-14-25)44(39,40)27-15-16-29(42-5)30(18-27)43-6/h8-18,22,28H,7,19-21H2,1-6H3,(H,34,38)/t28-/m1/s1. The molecule has 0 saturated carbocycles. The van der Waals surface area contributed by atoms with Gasteiger partial charge >= 0.3 is 0 Å². The Bertz CT molecular complexity index is 1530. The number of sulfonamides is 1. The highest BCUT2D eigenvalue weighted by Gasteiger charge is 2.34. The van der Waals surface area contributed by atoms with Gasteiger partial charge in [0.25, 0.3) is 10.0 Å². The molecule has 0 fully saturated rings. The summed E-state index contributed by atoms with van der Waals surface area (Å²) in [6.07, 6.45) is 0.309. The van der Waals surface area contributed by atoms with Gasteiger partial charge in [-0.25, -0.2) is 8.42 Å². The Morgan fingerprint density at radius 2 is 1.59 bits per heavy atom. The lowest BCUT2D eigenvalue weighted by atomic mass is 10.1. The molecule has 238 valence electrons. The van der Waals surface area contributed by atoms with E-state index >= 15 is 0 Å². The number of nitrogens with one attached hydrogen (secondary N) is 1. The summed E-state index contributed by atoms with van der Waals surface area (Å²) in [5, 5.41) is 3.32. The molecule has 0 spiro atoms. The topological polar surface area (TPSA) is 114 Å². The van der Waals surface area contributed by atoms with Gasteiger partial charge in [0.1, 0.15) is 18.3 Å². The van der Waals surface area contributed by atoms with Gasteiger partial charge in [-0.2, -0.15) is 0 Å². The first-order valence-corrected chi connectivity index (χ1v) is 16.0. The van der Waals surface area contributed by atoms with E-state index in [1.807, 2.05) is 26.8 Å². The van der Waals surface area contributed by atoms with Crippen molar-refractivity contribution < 1.29 is 32.2 Å². The van der Waals surface area contributed by atoms with Crippen molar-refractivity contribution in [3.8, 4) is 17.2 Å². The van der Waals surface area contributed by atoms with Crippen LogP contribution in [0.15, 0.2) is 71.6 Å². The van der Waals surface area contributed by atoms with E-state index in [1.165, 1.54) is 49.5 Å². The molecule has 0 aliphatic heterocycles. The van der Waals surface area contributed by atoms with Crippen molar-refractivity contribution in [2.75, 3.05) is 38.7 Å². The van der Waals surface area contributed by atoms with Gasteiger partial charge < -0.3 is 24.4 Å². The third kappa shape index (κ3) is 8.57. The van der Waals surface area contributed by atoms with Crippen LogP contribution in [-0.2, 0) is 26.2 Å². The minimum absolute atomic E-state index is 0.0501. The van der Waals surface area contributed by atoms with E-state index in [9.17, 15) is 18.0 Å². The van der Waals surface area contributed by atoms with E-state index in [0.29, 0.717) is 35.1 Å². The normalized spacial score (nSPS) is 11.9. The average Bonchev–Trinajstić information content (AvgIpc) is 3.02. The second-order valence-electron chi connectivity index (χ2n) is 10.4. The number of benzene rings is 3. The third-order valence-corrected chi connectivity index (χ3v) is 8.92. The first kappa shape index (κ1) is 34.5. The first-order chi connectivity index (χ1) is 20.9. The summed E-state index contributed by atoms with van der Waals surface area (Å²) < 4.78 is 45.3. The van der Waals surface area contributed by atoms with E-state index in [4.69, 9.17) is 25.8 Å². The van der Waals surface area contributed by atoms with Crippen LogP contribution in [0, 0.1) is 5.92 Å². The number of hydrogen-bond donors (Lipinski definition) is 1. The molecule has 1 N–H and O–H groups in total. The summed E-state index contributed by atoms with van der Waals surface area (Å²) in [7, 11) is 0.0675. The van der Waals surface area contributed by atoms with Crippen molar-refractivity contribution >= 4 is 39.1 Å². The number of amides is 2. The Hall–Kier alpha value is -3.96. The monoisotopic (exact) mass is 645 g/mol. The van der Waals surface area contributed by atoms with Crippen LogP contribution in [0.4, 0.5) is 5.69 Å². The lowest BCUT2D eigenvalue weighted by Crippen LogP contribution is -2.52. The van der Waals surface area contributed by atoms with Gasteiger partial charge in [0.2, 0.25) is 11.8 Å². The van der Waals surface area contributed by atoms with Crippen molar-refractivity contribution in [1.82, 2.24) is 10.2 Å². The van der Waals surface area contributed by atoms with Gasteiger partial charge in [0.05, 0.1) is 31.9 Å². The van der Waals surface area contributed by atoms with Crippen LogP contribution < -0.4 is 23.8 Å². The molecular weight excluding hydrogens is 606 g/mol. The van der Waals surface area contributed by atoms with Crippen LogP contribution in [0.2, 0.25) is 5.02 Å². The molecule has 0 heterocycles. The molecule has 0 aliphatic carbocycles. The molecule has 0 radical (unpaired) electrons. The SMILES string of the molecule is CC[C@H](C(=O)NCC(C)C)N(Cc1cccc(OC)c1)C(=O)CN(c1ccc(Cl)cc1)S(=O)(=O)c1ccc(OC)c(OC)c1. The predicted octanol–water partition coefficient (Wildman–Crippen LogP) is 5.14. The van der Waals surface area contributed by atoms with Crippen LogP contribution in [-0.4, -0.2) is 65.6 Å². The number of halogens is 1. The van der Waals surface area contributed by atoms with E-state index in [0.717, 1.165) is 4.31 Å². The minimum atomic E-state index is -4.32. The van der Waals surface area contributed by atoms with Crippen LogP contribution in [0.5, 0.6) is 17.2 Å². The molecule has 44 heavy (non-hydrogen) atoms. The van der Waals surface area contributed by atoms with Gasteiger partial charge in [-0.15, -0.1) is 0 Å². The number of rotatable bonds is 15. The highest BCUT2D eigenvalue weighted by atomic mass is 35.5. The second kappa shape index (κ2) is 15.7. The number of anilines is 1. The second-order valence-corrected chi connectivity index (χ2v) is 12.7. The lowest BCUT2D eigenvalue weighted by molar-refractivity contribution is -0.140. The van der Waals surface area contributed by atoms with E-state index in [-0.39, 0.29) is 34.7 Å². The summed E-state index contributed by atoms with van der Waals surface area (Å²) in [6, 6.07) is 16.6. The van der Waals surface area contributed by atoms with Gasteiger partial charge in [-0.1, -0.05) is 44.5 Å². The lowest BCUT2D eigenvalue weighted by Gasteiger charge is -2.33. The molecule has 0 aromatic heterocycles. The maximum atomic E-state index is 14.2. The fourth-order valence-electron chi connectivity index (χ4n) is 4.55. The predicted molar refractivity (Wildman–Crippen MR) is 171 cm³/mol. The molecule has 3 aromatic rings. The zero-order valence-electron chi connectivity index (χ0n) is 25.9. The third-order valence-electron chi connectivity index (χ3n) is 6.89. The molecule has 3 aromatic carbocycles. The first-order valence-electron chi connectivity index (χ1n) is 14.2. The Labute approximate surface area is 264 Å². The van der Waals surface area contributed by atoms with E-state index in [2.05, 4.69) is 5.32 Å². The van der Waals surface area contributed by atoms with Crippen molar-refractivity contribution in [3.63, 3.8) is 0 Å². The molecule has 10 nitrogen and oxygen atoms in total. The zero-order valence-corrected chi connectivity index (χ0v) is 27.4. The largest absolute Gasteiger partial charge is 0.497 e. The molecular formula is C32H40ClN3O7S. The summed E-state index contributed by atoms with van der Waals surface area (Å²) in [4.78, 5) is 28.9. The smallest absolute Gasteiger partial charge is 0.264 e. The summed E-state index contributed by atoms with van der Waals surface area (Å²) in [5.74, 6) is 0.459. The average molecular weight is 646 g/mol. The van der Waals surface area contributed by atoms with E-state index < -0.39 is 28.5 Å². The Kier molecular flexibility index (Phi) is 12.3. The van der Waals surface area contributed by atoms with Crippen molar-refractivity contribution in [3.05, 3.63) is 77.3 Å². The van der Waals surface area contributed by atoms with Gasteiger partial charge in [-0.05, 0) is 66.4 Å². The van der Waals surface area contributed by atoms with Crippen LogP contribution in [0.25, 0.3) is 0 Å². The van der Waals surface area contributed by atoms with Crippen LogP contribution in [0.3, 0.4) is 0 Å². The number of carbonyl (C=O) groups is 2. The zero-order chi connectivity index (χ0) is 32.4. The fourth-order valence-corrected chi connectivity index (χ4v) is 6.11. The molecule has 0 aliphatic rings. The number of hydrogen-bond acceptors (Lipinski definition) is 7. The quantitative estimate of drug-likeness (QED) is 0.243. The van der Waals surface area contributed by atoms with E-state index in [1.54, 1.807) is 37.4 Å². The minimum Gasteiger partial charge on any atom is -0.497 e. The molecule has 3 rings (SSSR count). The summed E-state index contributed by atoms with van der Waals surface area (Å²) in [6.45, 7) is 5.65. The number of nitrogens with zero attached hydrogens (tertiary/aromatic N) is 2. The molecule has 0 saturated heterocycles. The molecule has 1 atom stereocenters. The van der Waals surface area contributed by atoms with Crippen molar-refractivity contribution in [2.24, 2.45) is 5.92 Å². The molecule has 0 unspecified atom stereocenters. The van der Waals surface area contributed by atoms with Crippen molar-refractivity contribution in [2.45, 2.75) is 44.7 Å². The highest BCUT2D eigenvalue weighted by molar-refractivity contribution is 7.92. The number of methoxy groups -OCH3 is 3. The maximum absolute atomic E-state index is 14.2. The van der Waals surface area contributed by atoms with Crippen molar-refractivity contribution in [1.29, 1.82) is 0 Å². The van der Waals surface area contributed by atoms with Gasteiger partial charge in [0.15, 0.2) is 11.5 Å².